The molecule has 0 bridgehead atoms. The van der Waals surface area contributed by atoms with Gasteiger partial charge in [-0.1, -0.05) is 121 Å². The second-order valence-corrected chi connectivity index (χ2v) is 15.3. The van der Waals surface area contributed by atoms with Crippen LogP contribution in [0.3, 0.4) is 0 Å². The number of fused-ring (bicyclic) bond motifs is 6. The van der Waals surface area contributed by atoms with Crippen LogP contribution in [0, 0.1) is 11.3 Å². The second-order valence-electron chi connectivity index (χ2n) is 13.2. The molecule has 0 atom stereocenters. The van der Waals surface area contributed by atoms with Crippen molar-refractivity contribution in [2.24, 2.45) is 0 Å². The first-order valence-corrected chi connectivity index (χ1v) is 19.3. The first-order valence-electron chi connectivity index (χ1n) is 17.6. The number of anilines is 3. The molecule has 0 unspecified atom stereocenters. The van der Waals surface area contributed by atoms with Gasteiger partial charge in [-0.25, -0.2) is 0 Å². The third-order valence-electron chi connectivity index (χ3n) is 10.2. The standard InChI is InChI=1S/C49H30N2S2/c50-31-32-15-17-33(18-16-32)34-19-25-37(26-20-34)51(38-27-21-35(22-28-38)40-9-5-11-44-42-7-1-3-13-46(42)52-48(40)44)39-29-23-36(24-30-39)41-10-6-12-45-43-8-2-4-14-47(43)53-49(41)45/h1-30H. The molecule has 2 aromatic heterocycles. The van der Waals surface area contributed by atoms with E-state index in [1.165, 1.54) is 62.6 Å². The molecule has 248 valence electrons. The maximum atomic E-state index is 9.28. The van der Waals surface area contributed by atoms with E-state index in [0.717, 1.165) is 28.2 Å². The van der Waals surface area contributed by atoms with Crippen LogP contribution in [0.5, 0.6) is 0 Å². The van der Waals surface area contributed by atoms with Crippen molar-refractivity contribution in [1.82, 2.24) is 0 Å². The van der Waals surface area contributed by atoms with Gasteiger partial charge in [0.1, 0.15) is 0 Å². The van der Waals surface area contributed by atoms with Crippen LogP contribution in [-0.2, 0) is 0 Å². The van der Waals surface area contributed by atoms with Crippen molar-refractivity contribution in [1.29, 1.82) is 5.26 Å². The van der Waals surface area contributed by atoms with Crippen LogP contribution in [0.15, 0.2) is 182 Å². The van der Waals surface area contributed by atoms with Crippen molar-refractivity contribution < 1.29 is 0 Å². The Morgan fingerprint density at radius 3 is 1.17 bits per heavy atom. The highest BCUT2D eigenvalue weighted by atomic mass is 32.1. The van der Waals surface area contributed by atoms with Gasteiger partial charge in [0.15, 0.2) is 0 Å². The zero-order valence-corrected chi connectivity index (χ0v) is 30.2. The molecule has 0 amide bonds. The van der Waals surface area contributed by atoms with Crippen molar-refractivity contribution in [3.63, 3.8) is 0 Å². The number of thiophene rings is 2. The molecular weight excluding hydrogens is 681 g/mol. The Kier molecular flexibility index (Phi) is 7.61. The maximum Gasteiger partial charge on any atom is 0.0991 e. The summed E-state index contributed by atoms with van der Waals surface area (Å²) in [6.45, 7) is 0. The molecule has 8 aromatic carbocycles. The summed E-state index contributed by atoms with van der Waals surface area (Å²) in [7, 11) is 0. The molecule has 0 N–H and O–H groups in total. The molecule has 0 saturated carbocycles. The Balaban J connectivity index is 1.05. The van der Waals surface area contributed by atoms with Gasteiger partial charge in [0.25, 0.3) is 0 Å². The largest absolute Gasteiger partial charge is 0.311 e. The van der Waals surface area contributed by atoms with E-state index >= 15 is 0 Å². The van der Waals surface area contributed by atoms with Crippen molar-refractivity contribution in [3.05, 3.63) is 188 Å². The minimum Gasteiger partial charge on any atom is -0.311 e. The topological polar surface area (TPSA) is 27.0 Å². The first kappa shape index (κ1) is 31.2. The quantitative estimate of drug-likeness (QED) is 0.172. The molecule has 0 spiro atoms. The van der Waals surface area contributed by atoms with E-state index < -0.39 is 0 Å². The highest BCUT2D eigenvalue weighted by Crippen LogP contribution is 2.43. The van der Waals surface area contributed by atoms with Crippen LogP contribution in [0.1, 0.15) is 5.56 Å². The van der Waals surface area contributed by atoms with Crippen molar-refractivity contribution >= 4 is 80.1 Å². The van der Waals surface area contributed by atoms with Gasteiger partial charge in [0.05, 0.1) is 11.6 Å². The summed E-state index contributed by atoms with van der Waals surface area (Å²) < 4.78 is 5.27. The number of rotatable bonds is 6. The van der Waals surface area contributed by atoms with Crippen LogP contribution in [0.25, 0.3) is 73.7 Å². The molecule has 2 nitrogen and oxygen atoms in total. The molecule has 0 fully saturated rings. The Morgan fingerprint density at radius 1 is 0.358 bits per heavy atom. The number of benzene rings is 8. The van der Waals surface area contributed by atoms with Crippen LogP contribution in [0.2, 0.25) is 0 Å². The molecule has 2 heterocycles. The van der Waals surface area contributed by atoms with E-state index in [9.17, 15) is 5.26 Å². The Bertz CT molecular complexity index is 2820. The van der Waals surface area contributed by atoms with Crippen molar-refractivity contribution in [2.75, 3.05) is 4.90 Å². The average Bonchev–Trinajstić information content (AvgIpc) is 3.81. The summed E-state index contributed by atoms with van der Waals surface area (Å²) in [6, 6.07) is 67.3. The summed E-state index contributed by atoms with van der Waals surface area (Å²) in [4.78, 5) is 2.33. The molecule has 10 aromatic rings. The fraction of sp³-hybridized carbons (Fsp3) is 0. The van der Waals surface area contributed by atoms with Gasteiger partial charge in [-0.05, 0) is 94.0 Å². The fourth-order valence-corrected chi connectivity index (χ4v) is 9.99. The second kappa shape index (κ2) is 12.9. The van der Waals surface area contributed by atoms with Crippen LogP contribution < -0.4 is 4.90 Å². The Morgan fingerprint density at radius 2 is 0.736 bits per heavy atom. The summed E-state index contributed by atoms with van der Waals surface area (Å²) in [5, 5.41) is 14.5. The van der Waals surface area contributed by atoms with Gasteiger partial charge < -0.3 is 4.90 Å². The van der Waals surface area contributed by atoms with Gasteiger partial charge >= 0.3 is 0 Å². The van der Waals surface area contributed by atoms with Crippen molar-refractivity contribution in [2.45, 2.75) is 0 Å². The van der Waals surface area contributed by atoms with E-state index in [1.54, 1.807) is 0 Å². The normalized spacial score (nSPS) is 11.4. The average molecular weight is 711 g/mol. The van der Waals surface area contributed by atoms with Gasteiger partial charge in [-0.2, -0.15) is 5.26 Å². The lowest BCUT2D eigenvalue weighted by Gasteiger charge is -2.26. The molecule has 0 radical (unpaired) electrons. The van der Waals surface area contributed by atoms with Crippen LogP contribution in [0.4, 0.5) is 17.1 Å². The van der Waals surface area contributed by atoms with E-state index in [4.69, 9.17) is 0 Å². The lowest BCUT2D eigenvalue weighted by atomic mass is 10.0. The van der Waals surface area contributed by atoms with Gasteiger partial charge in [-0.15, -0.1) is 22.7 Å². The molecule has 0 aliphatic carbocycles. The summed E-state index contributed by atoms with van der Waals surface area (Å²) in [5.74, 6) is 0. The highest BCUT2D eigenvalue weighted by molar-refractivity contribution is 7.26. The third-order valence-corrected chi connectivity index (χ3v) is 12.6. The molecular formula is C49H30N2S2. The molecule has 4 heteroatoms. The number of nitrogens with zero attached hydrogens (tertiary/aromatic N) is 2. The molecule has 0 aliphatic rings. The smallest absolute Gasteiger partial charge is 0.0991 e. The maximum absolute atomic E-state index is 9.28. The summed E-state index contributed by atoms with van der Waals surface area (Å²) >= 11 is 3.73. The van der Waals surface area contributed by atoms with E-state index in [-0.39, 0.29) is 0 Å². The van der Waals surface area contributed by atoms with E-state index in [1.807, 2.05) is 46.9 Å². The predicted molar refractivity (Wildman–Crippen MR) is 228 cm³/mol. The predicted octanol–water partition coefficient (Wildman–Crippen LogP) is 14.8. The fourth-order valence-electron chi connectivity index (χ4n) is 7.52. The first-order chi connectivity index (χ1) is 26.2. The lowest BCUT2D eigenvalue weighted by molar-refractivity contribution is 1.28. The van der Waals surface area contributed by atoms with Crippen LogP contribution >= 0.6 is 22.7 Å². The van der Waals surface area contributed by atoms with Gasteiger partial charge in [0.2, 0.25) is 0 Å². The van der Waals surface area contributed by atoms with Gasteiger partial charge in [-0.3, -0.25) is 0 Å². The third kappa shape index (κ3) is 5.46. The van der Waals surface area contributed by atoms with Crippen molar-refractivity contribution in [3.8, 4) is 39.4 Å². The zero-order chi connectivity index (χ0) is 35.3. The summed E-state index contributed by atoms with van der Waals surface area (Å²) in [6.07, 6.45) is 0. The SMILES string of the molecule is N#Cc1ccc(-c2ccc(N(c3ccc(-c4cccc5c4sc4ccccc45)cc3)c3ccc(-c4cccc5c4sc4ccccc45)cc3)cc2)cc1. The monoisotopic (exact) mass is 710 g/mol. The number of nitriles is 1. The Labute approximate surface area is 315 Å². The van der Waals surface area contributed by atoms with Gasteiger partial charge in [0, 0.05) is 57.4 Å². The molecule has 53 heavy (non-hydrogen) atoms. The highest BCUT2D eigenvalue weighted by Gasteiger charge is 2.16. The Hall–Kier alpha value is -6.51. The van der Waals surface area contributed by atoms with E-state index in [0.29, 0.717) is 5.56 Å². The zero-order valence-electron chi connectivity index (χ0n) is 28.5. The van der Waals surface area contributed by atoms with E-state index in [2.05, 4.69) is 169 Å². The molecule has 10 rings (SSSR count). The summed E-state index contributed by atoms with van der Waals surface area (Å²) in [5.41, 5.74) is 11.0. The number of hydrogen-bond donors (Lipinski definition) is 0. The molecule has 0 aliphatic heterocycles. The molecule has 0 saturated heterocycles. The minimum absolute atomic E-state index is 0.663. The van der Waals surface area contributed by atoms with Crippen LogP contribution in [-0.4, -0.2) is 0 Å². The minimum atomic E-state index is 0.663. The number of hydrogen-bond acceptors (Lipinski definition) is 4. The lowest BCUT2D eigenvalue weighted by Crippen LogP contribution is -2.09.